The highest BCUT2D eigenvalue weighted by Gasteiger charge is 2.39. The standard InChI is InChI=1S/C9H15FO/c10-8-3-6-11-9(7-8)4-1-2-5-9/h8H,1-7H2. The van der Waals surface area contributed by atoms with Crippen molar-refractivity contribution in [3.05, 3.63) is 0 Å². The Kier molecular flexibility index (Phi) is 1.88. The van der Waals surface area contributed by atoms with Crippen LogP contribution in [0.25, 0.3) is 0 Å². The summed E-state index contributed by atoms with van der Waals surface area (Å²) in [5, 5.41) is 0. The van der Waals surface area contributed by atoms with Gasteiger partial charge in [-0.05, 0) is 12.8 Å². The van der Waals surface area contributed by atoms with E-state index in [9.17, 15) is 4.39 Å². The van der Waals surface area contributed by atoms with E-state index in [4.69, 9.17) is 4.74 Å². The van der Waals surface area contributed by atoms with Crippen LogP contribution in [-0.4, -0.2) is 18.4 Å². The third kappa shape index (κ3) is 1.41. The van der Waals surface area contributed by atoms with Crippen molar-refractivity contribution < 1.29 is 9.13 Å². The van der Waals surface area contributed by atoms with Gasteiger partial charge in [-0.3, -0.25) is 0 Å². The molecule has 0 bridgehead atoms. The summed E-state index contributed by atoms with van der Waals surface area (Å²) in [5.74, 6) is 0. The van der Waals surface area contributed by atoms with E-state index in [-0.39, 0.29) is 5.60 Å². The van der Waals surface area contributed by atoms with Gasteiger partial charge in [0.25, 0.3) is 0 Å². The lowest BCUT2D eigenvalue weighted by Gasteiger charge is -2.35. The van der Waals surface area contributed by atoms with Crippen molar-refractivity contribution in [3.8, 4) is 0 Å². The predicted molar refractivity (Wildman–Crippen MR) is 41.3 cm³/mol. The van der Waals surface area contributed by atoms with E-state index in [0.29, 0.717) is 19.4 Å². The van der Waals surface area contributed by atoms with E-state index in [2.05, 4.69) is 0 Å². The lowest BCUT2D eigenvalue weighted by atomic mass is 9.91. The first-order valence-electron chi connectivity index (χ1n) is 4.59. The zero-order chi connectivity index (χ0) is 7.73. The number of hydrogen-bond donors (Lipinski definition) is 0. The molecule has 64 valence electrons. The van der Waals surface area contributed by atoms with Crippen LogP contribution in [0.1, 0.15) is 38.5 Å². The van der Waals surface area contributed by atoms with E-state index >= 15 is 0 Å². The summed E-state index contributed by atoms with van der Waals surface area (Å²) in [6.45, 7) is 0.640. The van der Waals surface area contributed by atoms with Gasteiger partial charge in [0.2, 0.25) is 0 Å². The Hall–Kier alpha value is -0.110. The molecule has 1 atom stereocenters. The van der Waals surface area contributed by atoms with Gasteiger partial charge in [0, 0.05) is 12.8 Å². The molecule has 0 N–H and O–H groups in total. The molecule has 1 nitrogen and oxygen atoms in total. The molecular formula is C9H15FO. The minimum absolute atomic E-state index is 0.0301. The van der Waals surface area contributed by atoms with Gasteiger partial charge in [0.1, 0.15) is 6.17 Å². The highest BCUT2D eigenvalue weighted by Crippen LogP contribution is 2.40. The summed E-state index contributed by atoms with van der Waals surface area (Å²) in [6.07, 6.45) is 5.32. The van der Waals surface area contributed by atoms with E-state index < -0.39 is 6.17 Å². The van der Waals surface area contributed by atoms with Crippen LogP contribution >= 0.6 is 0 Å². The topological polar surface area (TPSA) is 9.23 Å². The molecule has 0 aromatic heterocycles. The summed E-state index contributed by atoms with van der Waals surface area (Å²) < 4.78 is 18.7. The van der Waals surface area contributed by atoms with E-state index in [0.717, 1.165) is 12.8 Å². The van der Waals surface area contributed by atoms with Crippen molar-refractivity contribution in [2.45, 2.75) is 50.3 Å². The van der Waals surface area contributed by atoms with Crippen molar-refractivity contribution >= 4 is 0 Å². The Morgan fingerprint density at radius 1 is 1.27 bits per heavy atom. The van der Waals surface area contributed by atoms with Gasteiger partial charge in [0.15, 0.2) is 0 Å². The molecule has 0 aromatic rings. The summed E-state index contributed by atoms with van der Waals surface area (Å²) >= 11 is 0. The number of ether oxygens (including phenoxy) is 1. The van der Waals surface area contributed by atoms with Gasteiger partial charge in [-0.2, -0.15) is 0 Å². The van der Waals surface area contributed by atoms with Crippen LogP contribution in [0.2, 0.25) is 0 Å². The van der Waals surface area contributed by atoms with Gasteiger partial charge in [-0.15, -0.1) is 0 Å². The molecule has 1 unspecified atom stereocenters. The molecule has 1 heterocycles. The fraction of sp³-hybridized carbons (Fsp3) is 1.00. The summed E-state index contributed by atoms with van der Waals surface area (Å²) in [5.41, 5.74) is -0.0301. The molecule has 1 saturated carbocycles. The normalized spacial score (nSPS) is 36.3. The van der Waals surface area contributed by atoms with Gasteiger partial charge < -0.3 is 4.74 Å². The molecule has 1 spiro atoms. The first-order valence-corrected chi connectivity index (χ1v) is 4.59. The van der Waals surface area contributed by atoms with E-state index in [1.54, 1.807) is 0 Å². The van der Waals surface area contributed by atoms with Crippen LogP contribution in [0.4, 0.5) is 4.39 Å². The minimum Gasteiger partial charge on any atom is -0.375 e. The highest BCUT2D eigenvalue weighted by atomic mass is 19.1. The molecule has 1 aliphatic carbocycles. The minimum atomic E-state index is -0.596. The molecule has 2 heteroatoms. The monoisotopic (exact) mass is 158 g/mol. The summed E-state index contributed by atoms with van der Waals surface area (Å²) in [7, 11) is 0. The molecule has 0 radical (unpaired) electrons. The maximum atomic E-state index is 13.0. The van der Waals surface area contributed by atoms with Gasteiger partial charge in [0.05, 0.1) is 12.2 Å². The van der Waals surface area contributed by atoms with Crippen LogP contribution in [0.3, 0.4) is 0 Å². The molecule has 0 amide bonds. The quantitative estimate of drug-likeness (QED) is 0.526. The Labute approximate surface area is 66.9 Å². The Balaban J connectivity index is 2.00. The first kappa shape index (κ1) is 7.53. The number of halogens is 1. The third-order valence-electron chi connectivity index (χ3n) is 2.95. The van der Waals surface area contributed by atoms with Gasteiger partial charge >= 0.3 is 0 Å². The average molecular weight is 158 g/mol. The molecule has 1 saturated heterocycles. The summed E-state index contributed by atoms with van der Waals surface area (Å²) in [6, 6.07) is 0. The Morgan fingerprint density at radius 2 is 2.00 bits per heavy atom. The lowest BCUT2D eigenvalue weighted by molar-refractivity contribution is -0.0971. The zero-order valence-corrected chi connectivity index (χ0v) is 6.81. The van der Waals surface area contributed by atoms with Crippen LogP contribution in [0.5, 0.6) is 0 Å². The molecule has 1 aliphatic heterocycles. The van der Waals surface area contributed by atoms with Crippen LogP contribution in [-0.2, 0) is 4.74 Å². The Morgan fingerprint density at radius 3 is 2.64 bits per heavy atom. The molecule has 2 rings (SSSR count). The molecule has 0 aromatic carbocycles. The zero-order valence-electron chi connectivity index (χ0n) is 6.81. The molecule has 11 heavy (non-hydrogen) atoms. The second-order valence-corrected chi connectivity index (χ2v) is 3.83. The largest absolute Gasteiger partial charge is 0.375 e. The van der Waals surface area contributed by atoms with E-state index in [1.807, 2.05) is 0 Å². The second-order valence-electron chi connectivity index (χ2n) is 3.83. The molecular weight excluding hydrogens is 143 g/mol. The van der Waals surface area contributed by atoms with Crippen molar-refractivity contribution in [2.75, 3.05) is 6.61 Å². The Bertz CT molecular complexity index is 140. The van der Waals surface area contributed by atoms with Crippen molar-refractivity contribution in [1.29, 1.82) is 0 Å². The maximum Gasteiger partial charge on any atom is 0.105 e. The predicted octanol–water partition coefficient (Wildman–Crippen LogP) is 2.45. The summed E-state index contributed by atoms with van der Waals surface area (Å²) in [4.78, 5) is 0. The van der Waals surface area contributed by atoms with E-state index in [1.165, 1.54) is 12.8 Å². The SMILES string of the molecule is FC1CCOC2(CCCC2)C1. The van der Waals surface area contributed by atoms with Crippen molar-refractivity contribution in [1.82, 2.24) is 0 Å². The number of alkyl halides is 1. The van der Waals surface area contributed by atoms with Crippen molar-refractivity contribution in [2.24, 2.45) is 0 Å². The smallest absolute Gasteiger partial charge is 0.105 e. The highest BCUT2D eigenvalue weighted by molar-refractivity contribution is 4.91. The number of hydrogen-bond acceptors (Lipinski definition) is 1. The average Bonchev–Trinajstić information content (AvgIpc) is 2.37. The fourth-order valence-electron chi connectivity index (χ4n) is 2.34. The molecule has 2 fully saturated rings. The van der Waals surface area contributed by atoms with Gasteiger partial charge in [-0.1, -0.05) is 12.8 Å². The third-order valence-corrected chi connectivity index (χ3v) is 2.95. The first-order chi connectivity index (χ1) is 5.31. The number of rotatable bonds is 0. The maximum absolute atomic E-state index is 13.0. The second kappa shape index (κ2) is 2.74. The molecule has 2 aliphatic rings. The van der Waals surface area contributed by atoms with Gasteiger partial charge in [-0.25, -0.2) is 4.39 Å². The van der Waals surface area contributed by atoms with Crippen LogP contribution in [0.15, 0.2) is 0 Å². The van der Waals surface area contributed by atoms with Crippen LogP contribution in [0, 0.1) is 0 Å². The fourth-order valence-corrected chi connectivity index (χ4v) is 2.34. The lowest BCUT2D eigenvalue weighted by Crippen LogP contribution is -2.37. The van der Waals surface area contributed by atoms with Crippen molar-refractivity contribution in [3.63, 3.8) is 0 Å². The van der Waals surface area contributed by atoms with Crippen LogP contribution < -0.4 is 0 Å².